The highest BCUT2D eigenvalue weighted by Crippen LogP contribution is 2.50. The molecule has 2 aliphatic heterocycles. The van der Waals surface area contributed by atoms with Crippen molar-refractivity contribution >= 4 is 83.5 Å². The Balaban J connectivity index is 1.44. The van der Waals surface area contributed by atoms with Gasteiger partial charge in [-0.3, -0.25) is 0 Å². The molecule has 0 saturated heterocycles. The molecule has 1 fully saturated rings. The molecular formula is C45H44Br2Cl2N3+. The zero-order valence-electron chi connectivity index (χ0n) is 30.6. The van der Waals surface area contributed by atoms with E-state index in [9.17, 15) is 0 Å². The van der Waals surface area contributed by atoms with Crippen molar-refractivity contribution in [2.24, 2.45) is 0 Å². The number of halogens is 4. The first-order valence-electron chi connectivity index (χ1n) is 18.0. The second-order valence-corrected chi connectivity index (χ2v) is 17.4. The lowest BCUT2D eigenvalue weighted by atomic mass is 9.83. The molecule has 0 amide bonds. The van der Waals surface area contributed by atoms with Gasteiger partial charge in [-0.25, -0.2) is 0 Å². The largest absolute Gasteiger partial charge is 0.344 e. The van der Waals surface area contributed by atoms with Crippen LogP contribution in [0.5, 0.6) is 0 Å². The lowest BCUT2D eigenvalue weighted by Crippen LogP contribution is -2.26. The molecule has 0 aromatic heterocycles. The molecule has 7 rings (SSSR count). The first kappa shape index (κ1) is 37.0. The molecule has 0 radical (unpaired) electrons. The number of fused-ring (bicyclic) bond motifs is 2. The van der Waals surface area contributed by atoms with Crippen LogP contribution in [0.25, 0.3) is 0 Å². The van der Waals surface area contributed by atoms with Gasteiger partial charge in [0.05, 0.1) is 0 Å². The normalized spacial score (nSPS) is 20.5. The molecule has 0 unspecified atom stereocenters. The third-order valence-electron chi connectivity index (χ3n) is 10.9. The fourth-order valence-electron chi connectivity index (χ4n) is 8.25. The number of allylic oxidation sites excluding steroid dienone is 8. The first-order chi connectivity index (χ1) is 24.8. The van der Waals surface area contributed by atoms with Gasteiger partial charge in [-0.2, -0.15) is 4.58 Å². The van der Waals surface area contributed by atoms with Gasteiger partial charge in [-0.15, -0.1) is 0 Å². The second kappa shape index (κ2) is 14.5. The van der Waals surface area contributed by atoms with Crippen molar-refractivity contribution in [2.45, 2.75) is 65.2 Å². The number of anilines is 2. The van der Waals surface area contributed by atoms with Gasteiger partial charge >= 0.3 is 0 Å². The molecule has 266 valence electrons. The third kappa shape index (κ3) is 6.57. The summed E-state index contributed by atoms with van der Waals surface area (Å²) >= 11 is 20.4. The monoisotopic (exact) mass is 854 g/mol. The lowest BCUT2D eigenvalue weighted by Gasteiger charge is -2.26. The molecule has 1 aliphatic carbocycles. The van der Waals surface area contributed by atoms with Crippen molar-refractivity contribution < 1.29 is 0 Å². The molecule has 2 heterocycles. The van der Waals surface area contributed by atoms with E-state index in [1.807, 2.05) is 12.1 Å². The molecule has 0 N–H and O–H groups in total. The second-order valence-electron chi connectivity index (χ2n) is 14.7. The van der Waals surface area contributed by atoms with Gasteiger partial charge in [-0.05, 0) is 111 Å². The fourth-order valence-corrected chi connectivity index (χ4v) is 9.12. The van der Waals surface area contributed by atoms with Gasteiger partial charge in [-0.1, -0.05) is 94.9 Å². The summed E-state index contributed by atoms with van der Waals surface area (Å²) < 4.78 is 4.53. The number of rotatable bonds is 6. The van der Waals surface area contributed by atoms with Crippen LogP contribution in [-0.4, -0.2) is 18.8 Å². The van der Waals surface area contributed by atoms with Crippen molar-refractivity contribution in [1.82, 2.24) is 4.58 Å². The molecule has 52 heavy (non-hydrogen) atoms. The zero-order valence-corrected chi connectivity index (χ0v) is 35.3. The molecule has 3 nitrogen and oxygen atoms in total. The molecule has 1 saturated carbocycles. The third-order valence-corrected chi connectivity index (χ3v) is 12.4. The van der Waals surface area contributed by atoms with E-state index in [2.05, 4.69) is 185 Å². The first-order valence-corrected chi connectivity index (χ1v) is 20.4. The summed E-state index contributed by atoms with van der Waals surface area (Å²) in [5.74, 6) is 0. The quantitative estimate of drug-likeness (QED) is 0.179. The number of benzene rings is 4. The summed E-state index contributed by atoms with van der Waals surface area (Å²) in [4.78, 5) is 4.87. The Morgan fingerprint density at radius 1 is 0.596 bits per heavy atom. The molecular weight excluding hydrogens is 813 g/mol. The molecule has 7 heteroatoms. The van der Waals surface area contributed by atoms with Crippen LogP contribution < -0.4 is 14.4 Å². The lowest BCUT2D eigenvalue weighted by molar-refractivity contribution is 0.633. The van der Waals surface area contributed by atoms with Crippen LogP contribution in [0, 0.1) is 0 Å². The number of likely N-dealkylation sites (N-methyl/N-ethyl adjacent to an activating group) is 2. The van der Waals surface area contributed by atoms with E-state index in [0.717, 1.165) is 56.3 Å². The van der Waals surface area contributed by atoms with Crippen molar-refractivity contribution in [3.8, 4) is 0 Å². The highest BCUT2D eigenvalue weighted by Gasteiger charge is 2.41. The Bertz CT molecular complexity index is 2050. The van der Waals surface area contributed by atoms with Crippen LogP contribution in [0.3, 0.4) is 0 Å². The van der Waals surface area contributed by atoms with E-state index in [4.69, 9.17) is 23.2 Å². The molecule has 3 aliphatic rings. The summed E-state index contributed by atoms with van der Waals surface area (Å²) in [7, 11) is 0. The van der Waals surface area contributed by atoms with Gasteiger partial charge in [0.2, 0.25) is 17.1 Å². The molecule has 4 aromatic rings. The Kier molecular flexibility index (Phi) is 10.3. The maximum absolute atomic E-state index is 6.54. The minimum absolute atomic E-state index is 0.193. The summed E-state index contributed by atoms with van der Waals surface area (Å²) in [6, 6.07) is 29.9. The van der Waals surface area contributed by atoms with E-state index >= 15 is 0 Å². The van der Waals surface area contributed by atoms with Crippen LogP contribution in [-0.2, 0) is 10.8 Å². The Morgan fingerprint density at radius 3 is 1.35 bits per heavy atom. The van der Waals surface area contributed by atoms with Crippen LogP contribution in [0.1, 0.15) is 65.5 Å². The van der Waals surface area contributed by atoms with E-state index in [1.54, 1.807) is 0 Å². The van der Waals surface area contributed by atoms with Gasteiger partial charge in [0, 0.05) is 101 Å². The van der Waals surface area contributed by atoms with Crippen LogP contribution in [0.2, 0.25) is 10.0 Å². The average Bonchev–Trinajstić information content (AvgIpc) is 3.68. The number of hydrogen-bond donors (Lipinski definition) is 0. The van der Waals surface area contributed by atoms with Crippen LogP contribution in [0.4, 0.5) is 22.7 Å². The molecule has 0 atom stereocenters. The van der Waals surface area contributed by atoms with Crippen molar-refractivity contribution in [1.29, 1.82) is 0 Å². The van der Waals surface area contributed by atoms with Gasteiger partial charge in [0.15, 0.2) is 0 Å². The van der Waals surface area contributed by atoms with Crippen molar-refractivity contribution in [3.05, 3.63) is 162 Å². The predicted molar refractivity (Wildman–Crippen MR) is 231 cm³/mol. The van der Waals surface area contributed by atoms with E-state index in [1.165, 1.54) is 50.8 Å². The van der Waals surface area contributed by atoms with Gasteiger partial charge in [0.1, 0.15) is 0 Å². The van der Waals surface area contributed by atoms with E-state index < -0.39 is 0 Å². The van der Waals surface area contributed by atoms with Crippen molar-refractivity contribution in [2.75, 3.05) is 22.9 Å². The minimum atomic E-state index is -0.193. The van der Waals surface area contributed by atoms with Crippen molar-refractivity contribution in [3.63, 3.8) is 0 Å². The highest BCUT2D eigenvalue weighted by molar-refractivity contribution is 9.10. The molecule has 0 spiro atoms. The number of hydrogen-bond acceptors (Lipinski definition) is 2. The van der Waals surface area contributed by atoms with Gasteiger partial charge < -0.3 is 9.80 Å². The minimum Gasteiger partial charge on any atom is -0.344 e. The summed E-state index contributed by atoms with van der Waals surface area (Å²) in [5.41, 5.74) is 13.2. The standard InChI is InChI=1S/C45H44Br2Cl2N3/c1-7-50-39-23-17-33(48)27-37(39)44(3,4)41(50)25-11-29-9-10-30(12-26-42-45(5,6)38-28-34(49)18-24-40(38)51(42)8-2)43(29)52(35-19-13-31(46)14-20-35)36-21-15-32(47)16-22-36/h11-28H,7-10H2,1-6H3/q+1. The summed E-state index contributed by atoms with van der Waals surface area (Å²) in [6.45, 7) is 15.4. The smallest absolute Gasteiger partial charge is 0.218 e. The fraction of sp³-hybridized carbons (Fsp3) is 0.267. The predicted octanol–water partition coefficient (Wildman–Crippen LogP) is 13.8. The topological polar surface area (TPSA) is 9.49 Å². The Morgan fingerprint density at radius 2 is 0.981 bits per heavy atom. The van der Waals surface area contributed by atoms with E-state index in [-0.39, 0.29) is 10.8 Å². The molecule has 0 bridgehead atoms. The summed E-state index contributed by atoms with van der Waals surface area (Å²) in [5, 5.41) is 1.55. The Labute approximate surface area is 335 Å². The summed E-state index contributed by atoms with van der Waals surface area (Å²) in [6.07, 6.45) is 11.3. The highest BCUT2D eigenvalue weighted by atomic mass is 79.9. The van der Waals surface area contributed by atoms with Gasteiger partial charge in [0.25, 0.3) is 0 Å². The van der Waals surface area contributed by atoms with E-state index in [0.29, 0.717) is 0 Å². The maximum Gasteiger partial charge on any atom is 0.218 e. The SMILES string of the molecule is CCN1C(=CC=C2CC/C(=C\C=C3\N(CC)c4ccc(Cl)cc4C3(C)C)C2=[N+](c2ccc(Br)cc2)c2ccc(Br)cc2)C(C)(C)c2cc(Cl)ccc21. The number of nitrogens with zero attached hydrogens (tertiary/aromatic N) is 3. The maximum atomic E-state index is 6.54. The van der Waals surface area contributed by atoms with Crippen LogP contribution >= 0.6 is 55.1 Å². The Hall–Kier alpha value is -3.35. The van der Waals surface area contributed by atoms with Crippen LogP contribution in [0.15, 0.2) is 141 Å². The molecule has 4 aromatic carbocycles. The average molecular weight is 858 g/mol. The zero-order chi connectivity index (χ0) is 36.9.